The maximum absolute atomic E-state index is 11.4. The molecule has 0 aliphatic rings. The van der Waals surface area contributed by atoms with Gasteiger partial charge in [-0.3, -0.25) is 0 Å². The van der Waals surface area contributed by atoms with Gasteiger partial charge in [0.2, 0.25) is 0 Å². The zero-order chi connectivity index (χ0) is 14.1. The number of nitrogens with zero attached hydrogens (tertiary/aromatic N) is 3. The fourth-order valence-electron chi connectivity index (χ4n) is 1.58. The van der Waals surface area contributed by atoms with Gasteiger partial charge in [-0.25, -0.2) is 13.6 Å². The van der Waals surface area contributed by atoms with Crippen LogP contribution >= 0.6 is 0 Å². The van der Waals surface area contributed by atoms with Crippen molar-refractivity contribution in [3.8, 4) is 0 Å². The van der Waals surface area contributed by atoms with Crippen LogP contribution in [0.1, 0.15) is 40.4 Å². The van der Waals surface area contributed by atoms with Crippen molar-refractivity contribution >= 4 is 10.0 Å². The second kappa shape index (κ2) is 4.97. The number of nitrogens with two attached hydrogens (primary N) is 1. The third-order valence-electron chi connectivity index (χ3n) is 3.33. The average Bonchev–Trinajstić information content (AvgIpc) is 2.58. The minimum atomic E-state index is -3.81. The topological polar surface area (TPSA) is 90.9 Å². The molecule has 1 atom stereocenters. The van der Waals surface area contributed by atoms with Gasteiger partial charge in [0.05, 0.1) is 0 Å². The summed E-state index contributed by atoms with van der Waals surface area (Å²) in [5, 5.41) is 12.6. The van der Waals surface area contributed by atoms with Gasteiger partial charge in [-0.2, -0.15) is 0 Å². The number of sulfonamides is 1. The Hall–Kier alpha value is -0.950. The van der Waals surface area contributed by atoms with Crippen LogP contribution in [-0.2, 0) is 23.0 Å². The highest BCUT2D eigenvalue weighted by molar-refractivity contribution is 7.89. The van der Waals surface area contributed by atoms with Crippen LogP contribution in [0.15, 0.2) is 5.16 Å². The lowest BCUT2D eigenvalue weighted by Crippen LogP contribution is -2.23. The largest absolute Gasteiger partial charge is 0.301 e. The number of hydrogen-bond donors (Lipinski definition) is 1. The summed E-state index contributed by atoms with van der Waals surface area (Å²) in [4.78, 5) is 0. The molecule has 2 N–H and O–H groups in total. The van der Waals surface area contributed by atoms with E-state index >= 15 is 0 Å². The van der Waals surface area contributed by atoms with Gasteiger partial charge in [0.15, 0.2) is 0 Å². The van der Waals surface area contributed by atoms with Crippen molar-refractivity contribution in [3.05, 3.63) is 5.82 Å². The summed E-state index contributed by atoms with van der Waals surface area (Å²) in [6.45, 7) is 10.9. The molecule has 0 amide bonds. The summed E-state index contributed by atoms with van der Waals surface area (Å²) in [7, 11) is -3.81. The van der Waals surface area contributed by atoms with E-state index in [2.05, 4.69) is 37.9 Å². The first-order chi connectivity index (χ1) is 8.07. The van der Waals surface area contributed by atoms with E-state index in [4.69, 9.17) is 5.14 Å². The highest BCUT2D eigenvalue weighted by Crippen LogP contribution is 2.28. The van der Waals surface area contributed by atoms with Crippen molar-refractivity contribution in [2.24, 2.45) is 16.5 Å². The molecule has 0 bridgehead atoms. The fourth-order valence-corrected chi connectivity index (χ4v) is 2.27. The van der Waals surface area contributed by atoms with Gasteiger partial charge in [-0.1, -0.05) is 27.7 Å². The Labute approximate surface area is 109 Å². The van der Waals surface area contributed by atoms with Crippen LogP contribution < -0.4 is 5.14 Å². The van der Waals surface area contributed by atoms with Crippen LogP contribution in [0.25, 0.3) is 0 Å². The van der Waals surface area contributed by atoms with Crippen LogP contribution in [0.4, 0.5) is 0 Å². The van der Waals surface area contributed by atoms with Crippen LogP contribution in [0.5, 0.6) is 0 Å². The smallest absolute Gasteiger partial charge is 0.273 e. The van der Waals surface area contributed by atoms with Crippen LogP contribution in [-0.4, -0.2) is 23.2 Å². The quantitative estimate of drug-likeness (QED) is 0.892. The zero-order valence-corrected chi connectivity index (χ0v) is 12.5. The third kappa shape index (κ3) is 3.29. The molecular weight excluding hydrogens is 252 g/mol. The van der Waals surface area contributed by atoms with Crippen molar-refractivity contribution in [1.82, 2.24) is 14.8 Å². The molecule has 7 heteroatoms. The molecule has 1 heterocycles. The molecule has 0 saturated heterocycles. The molecule has 1 unspecified atom stereocenters. The normalized spacial score (nSPS) is 14.8. The molecular formula is C11H22N4O2S. The van der Waals surface area contributed by atoms with Crippen molar-refractivity contribution in [2.75, 3.05) is 0 Å². The van der Waals surface area contributed by atoms with Crippen molar-refractivity contribution in [1.29, 1.82) is 0 Å². The number of primary sulfonamides is 1. The second-order valence-corrected chi connectivity index (χ2v) is 7.11. The van der Waals surface area contributed by atoms with Crippen LogP contribution in [0.2, 0.25) is 0 Å². The molecule has 1 rings (SSSR count). The van der Waals surface area contributed by atoms with Gasteiger partial charge in [0.1, 0.15) is 5.82 Å². The molecule has 0 spiro atoms. The van der Waals surface area contributed by atoms with E-state index in [1.54, 1.807) is 4.57 Å². The zero-order valence-electron chi connectivity index (χ0n) is 11.6. The summed E-state index contributed by atoms with van der Waals surface area (Å²) < 4.78 is 24.3. The molecule has 0 aliphatic heterocycles. The first kappa shape index (κ1) is 15.1. The van der Waals surface area contributed by atoms with Crippen LogP contribution in [0, 0.1) is 11.3 Å². The monoisotopic (exact) mass is 274 g/mol. The van der Waals surface area contributed by atoms with E-state index in [0.29, 0.717) is 24.7 Å². The minimum absolute atomic E-state index is 0.131. The van der Waals surface area contributed by atoms with Crippen molar-refractivity contribution in [2.45, 2.75) is 52.7 Å². The standard InChI is InChI=1S/C11H22N4O2S/c1-6-15-9(7-8(2)11(3,4)5)13-14-10(15)18(12,16)17/h8H,6-7H2,1-5H3,(H2,12,16,17). The minimum Gasteiger partial charge on any atom is -0.301 e. The fraction of sp³-hybridized carbons (Fsp3) is 0.818. The summed E-state index contributed by atoms with van der Waals surface area (Å²) in [6, 6.07) is 0. The Bertz CT molecular complexity index is 514. The van der Waals surface area contributed by atoms with E-state index in [1.165, 1.54) is 0 Å². The predicted molar refractivity (Wildman–Crippen MR) is 69.4 cm³/mol. The second-order valence-electron chi connectivity index (χ2n) is 5.66. The number of hydrogen-bond acceptors (Lipinski definition) is 4. The maximum Gasteiger partial charge on any atom is 0.273 e. The highest BCUT2D eigenvalue weighted by atomic mass is 32.2. The molecule has 1 aromatic heterocycles. The molecule has 0 radical (unpaired) electrons. The lowest BCUT2D eigenvalue weighted by Gasteiger charge is -2.26. The maximum atomic E-state index is 11.4. The van der Waals surface area contributed by atoms with Gasteiger partial charge in [-0.15, -0.1) is 10.2 Å². The summed E-state index contributed by atoms with van der Waals surface area (Å²) in [5.74, 6) is 1.03. The Morgan fingerprint density at radius 3 is 2.28 bits per heavy atom. The molecule has 0 fully saturated rings. The molecule has 0 aliphatic carbocycles. The molecule has 0 aromatic carbocycles. The lowest BCUT2D eigenvalue weighted by molar-refractivity contribution is 0.254. The number of aromatic nitrogens is 3. The summed E-state index contributed by atoms with van der Waals surface area (Å²) in [6.07, 6.45) is 0.680. The SMILES string of the molecule is CCn1c(CC(C)C(C)(C)C)nnc1S(N)(=O)=O. The van der Waals surface area contributed by atoms with Gasteiger partial charge < -0.3 is 4.57 Å². The predicted octanol–water partition coefficient (Wildman–Crippen LogP) is 1.17. The van der Waals surface area contributed by atoms with Gasteiger partial charge >= 0.3 is 0 Å². The van der Waals surface area contributed by atoms with E-state index < -0.39 is 10.0 Å². The molecule has 6 nitrogen and oxygen atoms in total. The average molecular weight is 274 g/mol. The Kier molecular flexibility index (Phi) is 4.17. The molecule has 18 heavy (non-hydrogen) atoms. The van der Waals surface area contributed by atoms with Gasteiger partial charge in [0.25, 0.3) is 15.2 Å². The van der Waals surface area contributed by atoms with Crippen molar-refractivity contribution < 1.29 is 8.42 Å². The third-order valence-corrected chi connectivity index (χ3v) is 4.14. The van der Waals surface area contributed by atoms with Crippen LogP contribution in [0.3, 0.4) is 0 Å². The first-order valence-corrected chi connectivity index (χ1v) is 7.57. The van der Waals surface area contributed by atoms with E-state index in [9.17, 15) is 8.42 Å². The van der Waals surface area contributed by atoms with Gasteiger partial charge in [-0.05, 0) is 18.3 Å². The lowest BCUT2D eigenvalue weighted by atomic mass is 9.80. The van der Waals surface area contributed by atoms with Crippen molar-refractivity contribution in [3.63, 3.8) is 0 Å². The Morgan fingerprint density at radius 2 is 1.89 bits per heavy atom. The highest BCUT2D eigenvalue weighted by Gasteiger charge is 2.25. The molecule has 104 valence electrons. The van der Waals surface area contributed by atoms with E-state index in [-0.39, 0.29) is 10.6 Å². The first-order valence-electron chi connectivity index (χ1n) is 6.02. The summed E-state index contributed by atoms with van der Waals surface area (Å²) in [5.41, 5.74) is 0.131. The number of rotatable bonds is 4. The van der Waals surface area contributed by atoms with Gasteiger partial charge in [0, 0.05) is 13.0 Å². The molecule has 0 saturated carbocycles. The van der Waals surface area contributed by atoms with E-state index in [0.717, 1.165) is 0 Å². The van der Waals surface area contributed by atoms with E-state index in [1.807, 2.05) is 6.92 Å². The molecule has 1 aromatic rings. The Morgan fingerprint density at radius 1 is 1.33 bits per heavy atom. The summed E-state index contributed by atoms with van der Waals surface area (Å²) >= 11 is 0. The Balaban J connectivity index is 3.10.